The summed E-state index contributed by atoms with van der Waals surface area (Å²) in [4.78, 5) is 26.6. The van der Waals surface area contributed by atoms with Crippen LogP contribution in [0.1, 0.15) is 11.3 Å². The van der Waals surface area contributed by atoms with Gasteiger partial charge in [0.1, 0.15) is 5.69 Å². The highest BCUT2D eigenvalue weighted by atomic mass is 35.5. The minimum Gasteiger partial charge on any atom is -0.266 e. The largest absolute Gasteiger partial charge is 0.286 e. The number of aromatic amines is 1. The van der Waals surface area contributed by atoms with Crippen LogP contribution < -0.4 is 5.56 Å². The molecule has 25 heavy (non-hydrogen) atoms. The number of halogens is 2. The predicted octanol–water partition coefficient (Wildman–Crippen LogP) is 3.64. The van der Waals surface area contributed by atoms with Gasteiger partial charge >= 0.3 is 0 Å². The van der Waals surface area contributed by atoms with Crippen LogP contribution in [-0.4, -0.2) is 20.1 Å². The number of nitro groups is 1. The molecule has 0 unspecified atom stereocenters. The lowest BCUT2D eigenvalue weighted by molar-refractivity contribution is -0.384. The maximum absolute atomic E-state index is 12.0. The molecule has 0 radical (unpaired) electrons. The van der Waals surface area contributed by atoms with E-state index in [-0.39, 0.29) is 23.6 Å². The van der Waals surface area contributed by atoms with Gasteiger partial charge in [-0.2, -0.15) is 5.10 Å². The molecule has 0 aliphatic heterocycles. The average Bonchev–Trinajstić information content (AvgIpc) is 2.57. The van der Waals surface area contributed by atoms with Crippen LogP contribution >= 0.6 is 23.2 Å². The summed E-state index contributed by atoms with van der Waals surface area (Å²) >= 11 is 12.0. The van der Waals surface area contributed by atoms with Crippen LogP contribution in [0.4, 0.5) is 5.69 Å². The number of H-pyrrole nitrogens is 1. The first-order chi connectivity index (χ1) is 11.9. The number of non-ortho nitro benzene ring substituents is 1. The molecule has 2 aromatic carbocycles. The highest BCUT2D eigenvalue weighted by Crippen LogP contribution is 2.27. The van der Waals surface area contributed by atoms with Crippen molar-refractivity contribution in [1.29, 1.82) is 0 Å². The molecule has 0 aliphatic carbocycles. The molecule has 0 bridgehead atoms. The van der Waals surface area contributed by atoms with Crippen LogP contribution in [0.3, 0.4) is 0 Å². The minimum absolute atomic E-state index is 0.0519. The van der Waals surface area contributed by atoms with Crippen LogP contribution in [0.5, 0.6) is 0 Å². The van der Waals surface area contributed by atoms with Gasteiger partial charge in [-0.15, -0.1) is 0 Å². The Bertz CT molecular complexity index is 1020. The van der Waals surface area contributed by atoms with Crippen LogP contribution in [0, 0.1) is 10.1 Å². The fourth-order valence-corrected chi connectivity index (χ4v) is 2.75. The van der Waals surface area contributed by atoms with E-state index in [1.165, 1.54) is 12.1 Å². The molecule has 0 saturated carbocycles. The van der Waals surface area contributed by atoms with Crippen molar-refractivity contribution in [3.63, 3.8) is 0 Å². The maximum Gasteiger partial charge on any atom is 0.286 e. The molecule has 0 amide bonds. The van der Waals surface area contributed by atoms with Crippen molar-refractivity contribution >= 4 is 28.9 Å². The molecule has 9 heteroatoms. The summed E-state index contributed by atoms with van der Waals surface area (Å²) in [6.45, 7) is 0. The Kier molecular flexibility index (Phi) is 4.78. The van der Waals surface area contributed by atoms with E-state index in [2.05, 4.69) is 15.2 Å². The van der Waals surface area contributed by atoms with E-state index in [1.54, 1.807) is 30.3 Å². The van der Waals surface area contributed by atoms with Gasteiger partial charge in [0.25, 0.3) is 11.2 Å². The van der Waals surface area contributed by atoms with Crippen LogP contribution in [0.15, 0.2) is 47.3 Å². The molecule has 1 aromatic heterocycles. The smallest absolute Gasteiger partial charge is 0.266 e. The van der Waals surface area contributed by atoms with Crippen molar-refractivity contribution in [2.75, 3.05) is 0 Å². The second-order valence-electron chi connectivity index (χ2n) is 5.16. The molecular weight excluding hydrogens is 367 g/mol. The lowest BCUT2D eigenvalue weighted by atomic mass is 10.1. The van der Waals surface area contributed by atoms with E-state index in [0.29, 0.717) is 21.2 Å². The van der Waals surface area contributed by atoms with Gasteiger partial charge in [0, 0.05) is 29.1 Å². The highest BCUT2D eigenvalue weighted by Gasteiger charge is 2.13. The second kappa shape index (κ2) is 7.00. The monoisotopic (exact) mass is 376 g/mol. The Labute approximate surface area is 151 Å². The van der Waals surface area contributed by atoms with Crippen molar-refractivity contribution in [2.24, 2.45) is 0 Å². The molecule has 0 aliphatic rings. The molecule has 0 atom stereocenters. The third-order valence-corrected chi connectivity index (χ3v) is 3.98. The molecule has 3 aromatic rings. The van der Waals surface area contributed by atoms with Gasteiger partial charge in [0.15, 0.2) is 5.82 Å². The van der Waals surface area contributed by atoms with E-state index in [0.717, 1.165) is 0 Å². The molecule has 1 N–H and O–H groups in total. The zero-order valence-electron chi connectivity index (χ0n) is 12.6. The SMILES string of the molecule is O=c1[nH]nc(-c2ccc(Cl)cc2Cl)nc1Cc1cccc([N+](=O)[O-])c1. The van der Waals surface area contributed by atoms with E-state index >= 15 is 0 Å². The van der Waals surface area contributed by atoms with E-state index in [9.17, 15) is 14.9 Å². The van der Waals surface area contributed by atoms with Crippen molar-refractivity contribution < 1.29 is 4.92 Å². The summed E-state index contributed by atoms with van der Waals surface area (Å²) < 4.78 is 0. The molecule has 7 nitrogen and oxygen atoms in total. The molecule has 0 saturated heterocycles. The average molecular weight is 377 g/mol. The molecule has 0 fully saturated rings. The number of hydrogen-bond donors (Lipinski definition) is 1. The third-order valence-electron chi connectivity index (χ3n) is 3.43. The second-order valence-corrected chi connectivity index (χ2v) is 6.01. The topological polar surface area (TPSA) is 102 Å². The summed E-state index contributed by atoms with van der Waals surface area (Å²) in [6.07, 6.45) is 0.123. The van der Waals surface area contributed by atoms with Crippen molar-refractivity contribution in [1.82, 2.24) is 15.2 Å². The summed E-state index contributed by atoms with van der Waals surface area (Å²) in [5, 5.41) is 18.0. The Morgan fingerprint density at radius 3 is 2.68 bits per heavy atom. The van der Waals surface area contributed by atoms with Crippen molar-refractivity contribution in [3.8, 4) is 11.4 Å². The number of hydrogen-bond acceptors (Lipinski definition) is 5. The number of rotatable bonds is 4. The van der Waals surface area contributed by atoms with Crippen LogP contribution in [0.25, 0.3) is 11.4 Å². The first-order valence-electron chi connectivity index (χ1n) is 7.08. The Morgan fingerprint density at radius 2 is 1.96 bits per heavy atom. The van der Waals surface area contributed by atoms with Gasteiger partial charge < -0.3 is 0 Å². The number of nitrogens with zero attached hydrogens (tertiary/aromatic N) is 3. The number of nitro benzene ring substituents is 1. The van der Waals surface area contributed by atoms with Gasteiger partial charge in [-0.25, -0.2) is 10.1 Å². The maximum atomic E-state index is 12.0. The summed E-state index contributed by atoms with van der Waals surface area (Å²) in [6, 6.07) is 10.9. The van der Waals surface area contributed by atoms with Gasteiger partial charge in [0.2, 0.25) is 0 Å². The van der Waals surface area contributed by atoms with Crippen LogP contribution in [-0.2, 0) is 6.42 Å². The molecule has 1 heterocycles. The Balaban J connectivity index is 1.99. The standard InChI is InChI=1S/C16H10Cl2N4O3/c17-10-4-5-12(13(18)8-10)15-19-14(16(23)21-20-15)7-9-2-1-3-11(6-9)22(24)25/h1-6,8H,7H2,(H,21,23). The van der Waals surface area contributed by atoms with Gasteiger partial charge in [-0.3, -0.25) is 14.9 Å². The first-order valence-corrected chi connectivity index (χ1v) is 7.84. The molecule has 0 spiro atoms. The number of aromatic nitrogens is 3. The fraction of sp³-hybridized carbons (Fsp3) is 0.0625. The van der Waals surface area contributed by atoms with E-state index in [1.807, 2.05) is 0 Å². The number of nitrogens with one attached hydrogen (secondary N) is 1. The fourth-order valence-electron chi connectivity index (χ4n) is 2.26. The predicted molar refractivity (Wildman–Crippen MR) is 94.0 cm³/mol. The van der Waals surface area contributed by atoms with Crippen molar-refractivity contribution in [3.05, 3.63) is 84.2 Å². The quantitative estimate of drug-likeness (QED) is 0.553. The molecule has 3 rings (SSSR count). The summed E-state index contributed by atoms with van der Waals surface area (Å²) in [7, 11) is 0. The molecule has 126 valence electrons. The first kappa shape index (κ1) is 17.1. The van der Waals surface area contributed by atoms with Gasteiger partial charge in [-0.05, 0) is 23.8 Å². The van der Waals surface area contributed by atoms with Gasteiger partial charge in [0.05, 0.1) is 9.95 Å². The minimum atomic E-state index is -0.493. The van der Waals surface area contributed by atoms with E-state index < -0.39 is 10.5 Å². The lowest BCUT2D eigenvalue weighted by Crippen LogP contribution is -2.18. The Morgan fingerprint density at radius 1 is 1.16 bits per heavy atom. The molecular formula is C16H10Cl2N4O3. The van der Waals surface area contributed by atoms with E-state index in [4.69, 9.17) is 23.2 Å². The zero-order chi connectivity index (χ0) is 18.0. The normalized spacial score (nSPS) is 10.6. The summed E-state index contributed by atoms with van der Waals surface area (Å²) in [5.41, 5.74) is 0.759. The van der Waals surface area contributed by atoms with Gasteiger partial charge in [-0.1, -0.05) is 35.3 Å². The number of benzene rings is 2. The van der Waals surface area contributed by atoms with Crippen LogP contribution in [0.2, 0.25) is 10.0 Å². The van der Waals surface area contributed by atoms with Crippen molar-refractivity contribution in [2.45, 2.75) is 6.42 Å². The zero-order valence-corrected chi connectivity index (χ0v) is 14.1. The highest BCUT2D eigenvalue weighted by molar-refractivity contribution is 6.36. The Hall–Kier alpha value is -2.77. The third kappa shape index (κ3) is 3.84. The summed E-state index contributed by atoms with van der Waals surface area (Å²) in [5.74, 6) is 0.238. The lowest BCUT2D eigenvalue weighted by Gasteiger charge is -2.05.